The molecule has 1 aliphatic rings. The lowest BCUT2D eigenvalue weighted by Crippen LogP contribution is -2.32. The summed E-state index contributed by atoms with van der Waals surface area (Å²) in [6, 6.07) is 15.9. The topological polar surface area (TPSA) is 20.3 Å². The van der Waals surface area contributed by atoms with E-state index in [1.54, 1.807) is 0 Å². The quantitative estimate of drug-likeness (QED) is 0.802. The Labute approximate surface area is 136 Å². The molecule has 0 aromatic heterocycles. The van der Waals surface area contributed by atoms with Crippen LogP contribution in [0.5, 0.6) is 0 Å². The van der Waals surface area contributed by atoms with Crippen molar-refractivity contribution in [1.82, 2.24) is 4.90 Å². The third-order valence-corrected chi connectivity index (χ3v) is 5.02. The normalized spacial score (nSPS) is 15.7. The molecule has 22 heavy (non-hydrogen) atoms. The molecule has 1 aliphatic heterocycles. The zero-order valence-corrected chi connectivity index (χ0v) is 13.7. The predicted octanol–water partition coefficient (Wildman–Crippen LogP) is 3.77. The van der Waals surface area contributed by atoms with Crippen molar-refractivity contribution in [1.29, 1.82) is 0 Å². The lowest BCUT2D eigenvalue weighted by atomic mass is 9.97. The molecule has 0 amide bonds. The summed E-state index contributed by atoms with van der Waals surface area (Å²) < 4.78 is 0. The fourth-order valence-corrected chi connectivity index (χ4v) is 3.72. The Morgan fingerprint density at radius 3 is 2.45 bits per heavy atom. The zero-order valence-electron chi connectivity index (χ0n) is 12.9. The first-order valence-electron chi connectivity index (χ1n) is 7.73. The van der Waals surface area contributed by atoms with Crippen molar-refractivity contribution in [2.75, 3.05) is 24.6 Å². The van der Waals surface area contributed by atoms with Crippen LogP contribution in [0.3, 0.4) is 0 Å². The highest BCUT2D eigenvalue weighted by Gasteiger charge is 2.16. The molecule has 2 nitrogen and oxygen atoms in total. The molecule has 3 rings (SSSR count). The molecule has 3 heteroatoms. The van der Waals surface area contributed by atoms with E-state index in [9.17, 15) is 4.79 Å². The molecule has 0 saturated carbocycles. The van der Waals surface area contributed by atoms with Crippen molar-refractivity contribution >= 4 is 17.5 Å². The van der Waals surface area contributed by atoms with E-state index in [2.05, 4.69) is 11.0 Å². The van der Waals surface area contributed by atoms with E-state index in [1.165, 1.54) is 17.1 Å². The molecule has 2 aromatic rings. The van der Waals surface area contributed by atoms with Gasteiger partial charge in [-0.3, -0.25) is 9.69 Å². The van der Waals surface area contributed by atoms with Crippen molar-refractivity contribution in [3.05, 3.63) is 70.8 Å². The van der Waals surface area contributed by atoms with E-state index >= 15 is 0 Å². The van der Waals surface area contributed by atoms with Crippen LogP contribution in [0.2, 0.25) is 0 Å². The second kappa shape index (κ2) is 7.12. The van der Waals surface area contributed by atoms with Crippen LogP contribution in [0.1, 0.15) is 27.0 Å². The average molecular weight is 311 g/mol. The molecule has 114 valence electrons. The SMILES string of the molecule is Cc1ccc(C(=O)c2ccccc2CN2CCSCC2)cc1. The van der Waals surface area contributed by atoms with Crippen molar-refractivity contribution in [2.24, 2.45) is 0 Å². The number of nitrogens with zero attached hydrogens (tertiary/aromatic N) is 1. The minimum Gasteiger partial charge on any atom is -0.297 e. The van der Waals surface area contributed by atoms with Crippen LogP contribution in [-0.4, -0.2) is 35.3 Å². The molecule has 0 N–H and O–H groups in total. The van der Waals surface area contributed by atoms with E-state index < -0.39 is 0 Å². The van der Waals surface area contributed by atoms with E-state index in [-0.39, 0.29) is 5.78 Å². The highest BCUT2D eigenvalue weighted by Crippen LogP contribution is 2.19. The Kier molecular flexibility index (Phi) is 4.96. The molecule has 0 aliphatic carbocycles. The van der Waals surface area contributed by atoms with Crippen molar-refractivity contribution in [3.63, 3.8) is 0 Å². The highest BCUT2D eigenvalue weighted by atomic mass is 32.2. The van der Waals surface area contributed by atoms with Gasteiger partial charge in [0, 0.05) is 42.3 Å². The van der Waals surface area contributed by atoms with Gasteiger partial charge in [0.2, 0.25) is 0 Å². The first-order chi connectivity index (χ1) is 10.7. The number of benzene rings is 2. The van der Waals surface area contributed by atoms with Gasteiger partial charge < -0.3 is 0 Å². The van der Waals surface area contributed by atoms with Gasteiger partial charge in [0.1, 0.15) is 0 Å². The Morgan fingerprint density at radius 1 is 1.05 bits per heavy atom. The fourth-order valence-electron chi connectivity index (χ4n) is 2.74. The number of ketones is 1. The molecule has 0 atom stereocenters. The van der Waals surface area contributed by atoms with Gasteiger partial charge in [0.05, 0.1) is 0 Å². The molecule has 0 spiro atoms. The van der Waals surface area contributed by atoms with Crippen LogP contribution in [0.15, 0.2) is 48.5 Å². The van der Waals surface area contributed by atoms with E-state index in [0.29, 0.717) is 0 Å². The molecule has 2 aromatic carbocycles. The van der Waals surface area contributed by atoms with E-state index in [4.69, 9.17) is 0 Å². The summed E-state index contributed by atoms with van der Waals surface area (Å²) in [6.07, 6.45) is 0. The van der Waals surface area contributed by atoms with Gasteiger partial charge in [-0.2, -0.15) is 11.8 Å². The summed E-state index contributed by atoms with van der Waals surface area (Å²) >= 11 is 2.01. The highest BCUT2D eigenvalue weighted by molar-refractivity contribution is 7.99. The maximum absolute atomic E-state index is 12.8. The number of rotatable bonds is 4. The van der Waals surface area contributed by atoms with Crippen LogP contribution >= 0.6 is 11.8 Å². The smallest absolute Gasteiger partial charge is 0.193 e. The average Bonchev–Trinajstić information content (AvgIpc) is 2.56. The largest absolute Gasteiger partial charge is 0.297 e. The summed E-state index contributed by atoms with van der Waals surface area (Å²) in [7, 11) is 0. The minimum absolute atomic E-state index is 0.127. The molecular weight excluding hydrogens is 290 g/mol. The van der Waals surface area contributed by atoms with Crippen LogP contribution < -0.4 is 0 Å². The number of hydrogen-bond acceptors (Lipinski definition) is 3. The first-order valence-corrected chi connectivity index (χ1v) is 8.89. The van der Waals surface area contributed by atoms with Gasteiger partial charge in [-0.15, -0.1) is 0 Å². The van der Waals surface area contributed by atoms with Gasteiger partial charge in [-0.1, -0.05) is 54.1 Å². The van der Waals surface area contributed by atoms with Crippen LogP contribution in [-0.2, 0) is 6.54 Å². The van der Waals surface area contributed by atoms with Gasteiger partial charge in [-0.25, -0.2) is 0 Å². The summed E-state index contributed by atoms with van der Waals surface area (Å²) in [5, 5.41) is 0. The third kappa shape index (κ3) is 3.60. The second-order valence-corrected chi connectivity index (χ2v) is 6.97. The van der Waals surface area contributed by atoms with Gasteiger partial charge >= 0.3 is 0 Å². The Morgan fingerprint density at radius 2 is 1.73 bits per heavy atom. The number of carbonyl (C=O) groups is 1. The van der Waals surface area contributed by atoms with Crippen LogP contribution in [0.25, 0.3) is 0 Å². The van der Waals surface area contributed by atoms with Crippen LogP contribution in [0.4, 0.5) is 0 Å². The van der Waals surface area contributed by atoms with Gasteiger partial charge in [-0.05, 0) is 12.5 Å². The first kappa shape index (κ1) is 15.3. The third-order valence-electron chi connectivity index (χ3n) is 4.07. The summed E-state index contributed by atoms with van der Waals surface area (Å²) in [6.45, 7) is 5.13. The maximum Gasteiger partial charge on any atom is 0.193 e. The molecule has 0 bridgehead atoms. The molecular formula is C19H21NOS. The van der Waals surface area contributed by atoms with Crippen molar-refractivity contribution < 1.29 is 4.79 Å². The Balaban J connectivity index is 1.83. The second-order valence-electron chi connectivity index (χ2n) is 5.74. The molecule has 1 saturated heterocycles. The van der Waals surface area contributed by atoms with E-state index in [1.807, 2.05) is 61.2 Å². The fraction of sp³-hybridized carbons (Fsp3) is 0.316. The summed E-state index contributed by atoms with van der Waals surface area (Å²) in [5.41, 5.74) is 3.92. The molecule has 1 heterocycles. The lowest BCUT2D eigenvalue weighted by Gasteiger charge is -2.26. The number of aryl methyl sites for hydroxylation is 1. The predicted molar refractivity (Wildman–Crippen MR) is 93.7 cm³/mol. The van der Waals surface area contributed by atoms with Crippen molar-refractivity contribution in [3.8, 4) is 0 Å². The Hall–Kier alpha value is -1.58. The molecule has 0 unspecified atom stereocenters. The van der Waals surface area contributed by atoms with Gasteiger partial charge in [0.15, 0.2) is 5.78 Å². The lowest BCUT2D eigenvalue weighted by molar-refractivity contribution is 0.103. The minimum atomic E-state index is 0.127. The maximum atomic E-state index is 12.8. The summed E-state index contributed by atoms with van der Waals surface area (Å²) in [5.74, 6) is 2.50. The molecule has 1 fully saturated rings. The zero-order chi connectivity index (χ0) is 15.4. The monoisotopic (exact) mass is 311 g/mol. The number of hydrogen-bond donors (Lipinski definition) is 0. The summed E-state index contributed by atoms with van der Waals surface area (Å²) in [4.78, 5) is 15.2. The molecule has 0 radical (unpaired) electrons. The number of thioether (sulfide) groups is 1. The standard InChI is InChI=1S/C19H21NOS/c1-15-6-8-16(9-7-15)19(21)18-5-3-2-4-17(18)14-20-10-12-22-13-11-20/h2-9H,10-14H2,1H3. The van der Waals surface area contributed by atoms with Crippen LogP contribution in [0, 0.1) is 6.92 Å². The Bertz CT molecular complexity index is 645. The van der Waals surface area contributed by atoms with Gasteiger partial charge in [0.25, 0.3) is 0 Å². The number of carbonyl (C=O) groups excluding carboxylic acids is 1. The van der Waals surface area contributed by atoms with Crippen molar-refractivity contribution in [2.45, 2.75) is 13.5 Å². The van der Waals surface area contributed by atoms with E-state index in [0.717, 1.165) is 36.3 Å².